The summed E-state index contributed by atoms with van der Waals surface area (Å²) < 4.78 is 13.0. The van der Waals surface area contributed by atoms with Crippen molar-refractivity contribution in [3.05, 3.63) is 34.1 Å². The molecule has 0 aromatic heterocycles. The third kappa shape index (κ3) is 1.96. The lowest BCUT2D eigenvalue weighted by Gasteiger charge is -2.03. The first kappa shape index (κ1) is 9.49. The number of benzene rings is 1. The third-order valence-corrected chi connectivity index (χ3v) is 1.95. The molecule has 0 saturated heterocycles. The monoisotopic (exact) mass is 188 g/mol. The van der Waals surface area contributed by atoms with Crippen molar-refractivity contribution in [2.75, 3.05) is 6.61 Å². The number of hydrogen-bond donors (Lipinski definition) is 1. The van der Waals surface area contributed by atoms with Crippen LogP contribution < -0.4 is 0 Å². The van der Waals surface area contributed by atoms with Gasteiger partial charge in [0.05, 0.1) is 5.02 Å². The number of hydrogen-bond acceptors (Lipinski definition) is 1. The van der Waals surface area contributed by atoms with Gasteiger partial charge in [-0.1, -0.05) is 17.7 Å². The quantitative estimate of drug-likeness (QED) is 0.755. The van der Waals surface area contributed by atoms with E-state index in [1.165, 1.54) is 0 Å². The van der Waals surface area contributed by atoms with Gasteiger partial charge in [0.1, 0.15) is 5.82 Å². The van der Waals surface area contributed by atoms with Crippen LogP contribution in [0.25, 0.3) is 0 Å². The van der Waals surface area contributed by atoms with Gasteiger partial charge in [-0.2, -0.15) is 0 Å². The lowest BCUT2D eigenvalue weighted by molar-refractivity contribution is 0.299. The predicted octanol–water partition coefficient (Wildman–Crippen LogP) is 2.32. The van der Waals surface area contributed by atoms with E-state index in [2.05, 4.69) is 0 Å². The summed E-state index contributed by atoms with van der Waals surface area (Å²) in [6.45, 7) is 1.71. The van der Waals surface area contributed by atoms with Gasteiger partial charge in [-0.05, 0) is 30.5 Å². The van der Waals surface area contributed by atoms with E-state index < -0.39 is 0 Å². The molecule has 12 heavy (non-hydrogen) atoms. The zero-order valence-corrected chi connectivity index (χ0v) is 7.53. The average Bonchev–Trinajstić information content (AvgIpc) is 2.01. The zero-order valence-electron chi connectivity index (χ0n) is 6.77. The Balaban J connectivity index is 3.04. The van der Waals surface area contributed by atoms with Crippen molar-refractivity contribution < 1.29 is 9.50 Å². The first-order chi connectivity index (χ1) is 5.65. The molecule has 3 heteroatoms. The SMILES string of the molecule is Cc1cc(CCO)cc(Cl)c1F. The molecule has 0 amide bonds. The third-order valence-electron chi connectivity index (χ3n) is 1.67. The summed E-state index contributed by atoms with van der Waals surface area (Å²) in [5.41, 5.74) is 1.38. The molecule has 0 spiro atoms. The summed E-state index contributed by atoms with van der Waals surface area (Å²) in [7, 11) is 0. The van der Waals surface area contributed by atoms with Gasteiger partial charge >= 0.3 is 0 Å². The molecular formula is C9H10ClFO. The Morgan fingerprint density at radius 2 is 2.17 bits per heavy atom. The molecular weight excluding hydrogens is 179 g/mol. The number of rotatable bonds is 2. The molecule has 0 atom stereocenters. The molecule has 1 nitrogen and oxygen atoms in total. The normalized spacial score (nSPS) is 10.3. The lowest BCUT2D eigenvalue weighted by Crippen LogP contribution is -1.93. The fourth-order valence-electron chi connectivity index (χ4n) is 1.07. The molecule has 66 valence electrons. The highest BCUT2D eigenvalue weighted by atomic mass is 35.5. The molecule has 1 rings (SSSR count). The summed E-state index contributed by atoms with van der Waals surface area (Å²) in [5, 5.41) is 8.76. The van der Waals surface area contributed by atoms with Crippen LogP contribution in [0.5, 0.6) is 0 Å². The van der Waals surface area contributed by atoms with E-state index in [4.69, 9.17) is 16.7 Å². The maximum atomic E-state index is 13.0. The van der Waals surface area contributed by atoms with Crippen LogP contribution in [0.15, 0.2) is 12.1 Å². The van der Waals surface area contributed by atoms with Crippen LogP contribution in [0.4, 0.5) is 4.39 Å². The number of halogens is 2. The maximum Gasteiger partial charge on any atom is 0.144 e. The van der Waals surface area contributed by atoms with E-state index in [0.29, 0.717) is 12.0 Å². The molecule has 0 saturated carbocycles. The Kier molecular flexibility index (Phi) is 3.06. The predicted molar refractivity (Wildman–Crippen MR) is 46.9 cm³/mol. The van der Waals surface area contributed by atoms with Crippen LogP contribution in [0.1, 0.15) is 11.1 Å². The van der Waals surface area contributed by atoms with Crippen molar-refractivity contribution in [3.8, 4) is 0 Å². The van der Waals surface area contributed by atoms with Crippen LogP contribution in [0.2, 0.25) is 5.02 Å². The summed E-state index contributed by atoms with van der Waals surface area (Å²) in [6, 6.07) is 3.23. The zero-order chi connectivity index (χ0) is 9.14. The van der Waals surface area contributed by atoms with Crippen molar-refractivity contribution >= 4 is 11.6 Å². The van der Waals surface area contributed by atoms with E-state index in [0.717, 1.165) is 5.56 Å². The molecule has 0 radical (unpaired) electrons. The Bertz CT molecular complexity index is 263. The molecule has 0 aliphatic heterocycles. The molecule has 1 aromatic rings. The van der Waals surface area contributed by atoms with E-state index in [9.17, 15) is 4.39 Å². The highest BCUT2D eigenvalue weighted by Gasteiger charge is 2.04. The Morgan fingerprint density at radius 3 is 2.67 bits per heavy atom. The van der Waals surface area contributed by atoms with Crippen molar-refractivity contribution in [1.82, 2.24) is 0 Å². The van der Waals surface area contributed by atoms with E-state index >= 15 is 0 Å². The first-order valence-electron chi connectivity index (χ1n) is 3.70. The minimum atomic E-state index is -0.377. The van der Waals surface area contributed by atoms with E-state index in [1.54, 1.807) is 19.1 Å². The van der Waals surface area contributed by atoms with Crippen molar-refractivity contribution in [3.63, 3.8) is 0 Å². The molecule has 0 heterocycles. The second kappa shape index (κ2) is 3.87. The summed E-state index contributed by atoms with van der Waals surface area (Å²) in [6.07, 6.45) is 0.515. The van der Waals surface area contributed by atoms with Gasteiger partial charge in [-0.3, -0.25) is 0 Å². The fraction of sp³-hybridized carbons (Fsp3) is 0.333. The minimum Gasteiger partial charge on any atom is -0.396 e. The largest absolute Gasteiger partial charge is 0.396 e. The fourth-order valence-corrected chi connectivity index (χ4v) is 1.36. The second-order valence-electron chi connectivity index (χ2n) is 2.68. The van der Waals surface area contributed by atoms with Crippen LogP contribution in [-0.2, 0) is 6.42 Å². The maximum absolute atomic E-state index is 13.0. The molecule has 0 unspecified atom stereocenters. The average molecular weight is 189 g/mol. The molecule has 1 aromatic carbocycles. The molecule has 0 aliphatic carbocycles. The Labute approximate surface area is 75.8 Å². The molecule has 0 fully saturated rings. The number of aliphatic hydroxyl groups excluding tert-OH is 1. The van der Waals surface area contributed by atoms with Gasteiger partial charge in [-0.15, -0.1) is 0 Å². The standard InChI is InChI=1S/C9H10ClFO/c1-6-4-7(2-3-12)5-8(10)9(6)11/h4-5,12H,2-3H2,1H3. The first-order valence-corrected chi connectivity index (χ1v) is 4.08. The molecule has 0 bridgehead atoms. The summed E-state index contributed by atoms with van der Waals surface area (Å²) in [4.78, 5) is 0. The smallest absolute Gasteiger partial charge is 0.144 e. The number of aliphatic hydroxyl groups is 1. The summed E-state index contributed by atoms with van der Waals surface area (Å²) in [5.74, 6) is -0.377. The van der Waals surface area contributed by atoms with Crippen LogP contribution in [0, 0.1) is 12.7 Å². The van der Waals surface area contributed by atoms with Crippen molar-refractivity contribution in [2.24, 2.45) is 0 Å². The van der Waals surface area contributed by atoms with E-state index in [1.807, 2.05) is 0 Å². The lowest BCUT2D eigenvalue weighted by atomic mass is 10.1. The van der Waals surface area contributed by atoms with Crippen LogP contribution in [-0.4, -0.2) is 11.7 Å². The Morgan fingerprint density at radius 1 is 1.50 bits per heavy atom. The van der Waals surface area contributed by atoms with Crippen LogP contribution >= 0.6 is 11.6 Å². The van der Waals surface area contributed by atoms with Gasteiger partial charge in [0.2, 0.25) is 0 Å². The van der Waals surface area contributed by atoms with Crippen LogP contribution in [0.3, 0.4) is 0 Å². The van der Waals surface area contributed by atoms with Gasteiger partial charge in [0.15, 0.2) is 0 Å². The number of aryl methyl sites for hydroxylation is 1. The van der Waals surface area contributed by atoms with Gasteiger partial charge < -0.3 is 5.11 Å². The summed E-state index contributed by atoms with van der Waals surface area (Å²) >= 11 is 5.60. The highest BCUT2D eigenvalue weighted by Crippen LogP contribution is 2.20. The molecule has 1 N–H and O–H groups in total. The van der Waals surface area contributed by atoms with Crippen molar-refractivity contribution in [2.45, 2.75) is 13.3 Å². The topological polar surface area (TPSA) is 20.2 Å². The second-order valence-corrected chi connectivity index (χ2v) is 3.09. The van der Waals surface area contributed by atoms with Gasteiger partial charge in [0, 0.05) is 6.61 Å². The Hall–Kier alpha value is -0.600. The highest BCUT2D eigenvalue weighted by molar-refractivity contribution is 6.30. The minimum absolute atomic E-state index is 0.0569. The molecule has 0 aliphatic rings. The van der Waals surface area contributed by atoms with Crippen molar-refractivity contribution in [1.29, 1.82) is 0 Å². The van der Waals surface area contributed by atoms with Gasteiger partial charge in [0.25, 0.3) is 0 Å². The van der Waals surface area contributed by atoms with Gasteiger partial charge in [-0.25, -0.2) is 4.39 Å². The van der Waals surface area contributed by atoms with E-state index in [-0.39, 0.29) is 17.4 Å².